The number of aliphatic carboxylic acids is 1. The fourth-order valence-corrected chi connectivity index (χ4v) is 2.26. The summed E-state index contributed by atoms with van der Waals surface area (Å²) in [5.74, 6) is -0.936. The van der Waals surface area contributed by atoms with Crippen molar-refractivity contribution in [2.24, 2.45) is 0 Å². The molecule has 21 heavy (non-hydrogen) atoms. The molecule has 0 saturated carbocycles. The van der Waals surface area contributed by atoms with Crippen LogP contribution in [0.4, 0.5) is 0 Å². The largest absolute Gasteiger partial charge is 0.478 e. The molecule has 0 bridgehead atoms. The van der Waals surface area contributed by atoms with Gasteiger partial charge >= 0.3 is 5.97 Å². The number of hydrogen-bond acceptors (Lipinski definition) is 2. The Hall–Kier alpha value is -1.09. The van der Waals surface area contributed by atoms with Crippen LogP contribution in [0.25, 0.3) is 0 Å². The van der Waals surface area contributed by atoms with E-state index >= 15 is 0 Å². The SMILES string of the molecule is CCCCCCCCCCC(O)CCC=CC=CC(=O)O. The lowest BCUT2D eigenvalue weighted by Crippen LogP contribution is -2.05. The summed E-state index contributed by atoms with van der Waals surface area (Å²) in [5.41, 5.74) is 0. The zero-order valence-electron chi connectivity index (χ0n) is 13.5. The molecule has 1 unspecified atom stereocenters. The minimum atomic E-state index is -0.936. The van der Waals surface area contributed by atoms with Crippen LogP contribution in [-0.4, -0.2) is 22.3 Å². The summed E-state index contributed by atoms with van der Waals surface area (Å²) < 4.78 is 0. The molecule has 0 spiro atoms. The smallest absolute Gasteiger partial charge is 0.328 e. The van der Waals surface area contributed by atoms with Gasteiger partial charge in [0.2, 0.25) is 0 Å². The second-order valence-electron chi connectivity index (χ2n) is 5.62. The van der Waals surface area contributed by atoms with Crippen LogP contribution < -0.4 is 0 Å². The molecule has 122 valence electrons. The monoisotopic (exact) mass is 296 g/mol. The number of carbonyl (C=O) groups is 1. The lowest BCUT2D eigenvalue weighted by Gasteiger charge is -2.08. The molecule has 0 aromatic rings. The van der Waals surface area contributed by atoms with Crippen LogP contribution in [0.15, 0.2) is 24.3 Å². The highest BCUT2D eigenvalue weighted by atomic mass is 16.4. The van der Waals surface area contributed by atoms with E-state index in [2.05, 4.69) is 6.92 Å². The van der Waals surface area contributed by atoms with Gasteiger partial charge in [-0.3, -0.25) is 0 Å². The zero-order chi connectivity index (χ0) is 15.8. The number of aliphatic hydroxyl groups excluding tert-OH is 1. The molecule has 0 radical (unpaired) electrons. The first-order chi connectivity index (χ1) is 10.2. The summed E-state index contributed by atoms with van der Waals surface area (Å²) in [7, 11) is 0. The Morgan fingerprint density at radius 2 is 1.57 bits per heavy atom. The minimum Gasteiger partial charge on any atom is -0.478 e. The summed E-state index contributed by atoms with van der Waals surface area (Å²) in [6.45, 7) is 2.24. The van der Waals surface area contributed by atoms with E-state index in [0.29, 0.717) is 0 Å². The first-order valence-electron chi connectivity index (χ1n) is 8.41. The van der Waals surface area contributed by atoms with Crippen LogP contribution in [0.5, 0.6) is 0 Å². The van der Waals surface area contributed by atoms with Gasteiger partial charge in [0.05, 0.1) is 6.10 Å². The number of aliphatic hydroxyl groups is 1. The molecule has 0 aromatic heterocycles. The van der Waals surface area contributed by atoms with Gasteiger partial charge in [-0.05, 0) is 19.3 Å². The molecule has 0 fully saturated rings. The molecule has 3 heteroatoms. The molecule has 0 aromatic carbocycles. The summed E-state index contributed by atoms with van der Waals surface area (Å²) in [4.78, 5) is 10.2. The number of allylic oxidation sites excluding steroid dienone is 3. The Labute approximate surface area is 129 Å². The second kappa shape index (κ2) is 15.3. The Bertz CT molecular complexity index is 295. The number of carboxylic acid groups (broad SMARTS) is 1. The number of hydrogen-bond donors (Lipinski definition) is 2. The average Bonchev–Trinajstić information content (AvgIpc) is 2.45. The van der Waals surface area contributed by atoms with Gasteiger partial charge in [0.15, 0.2) is 0 Å². The Morgan fingerprint density at radius 3 is 2.19 bits per heavy atom. The predicted molar refractivity (Wildman–Crippen MR) is 88.4 cm³/mol. The molecule has 1 atom stereocenters. The number of rotatable bonds is 14. The number of unbranched alkanes of at least 4 members (excludes halogenated alkanes) is 7. The summed E-state index contributed by atoms with van der Waals surface area (Å²) in [5, 5.41) is 18.2. The topological polar surface area (TPSA) is 57.5 Å². The van der Waals surface area contributed by atoms with Crippen LogP contribution in [0, 0.1) is 0 Å². The maximum atomic E-state index is 10.2. The highest BCUT2D eigenvalue weighted by Gasteiger charge is 2.02. The third kappa shape index (κ3) is 16.9. The van der Waals surface area contributed by atoms with E-state index in [0.717, 1.165) is 31.8 Å². The predicted octanol–water partition coefficient (Wildman–Crippen LogP) is 4.86. The van der Waals surface area contributed by atoms with Crippen molar-refractivity contribution < 1.29 is 15.0 Å². The van der Waals surface area contributed by atoms with E-state index in [9.17, 15) is 9.90 Å². The van der Waals surface area contributed by atoms with E-state index in [1.165, 1.54) is 51.0 Å². The van der Waals surface area contributed by atoms with E-state index in [1.54, 1.807) is 6.08 Å². The van der Waals surface area contributed by atoms with Gasteiger partial charge in [0.25, 0.3) is 0 Å². The molecule has 0 aliphatic carbocycles. The molecule has 0 rings (SSSR count). The first kappa shape index (κ1) is 19.9. The van der Waals surface area contributed by atoms with Crippen LogP contribution in [-0.2, 0) is 4.79 Å². The minimum absolute atomic E-state index is 0.224. The maximum absolute atomic E-state index is 10.2. The highest BCUT2D eigenvalue weighted by Crippen LogP contribution is 2.12. The van der Waals surface area contributed by atoms with Crippen molar-refractivity contribution in [2.75, 3.05) is 0 Å². The van der Waals surface area contributed by atoms with Gasteiger partial charge in [-0.25, -0.2) is 4.79 Å². The summed E-state index contributed by atoms with van der Waals surface area (Å²) in [6.07, 6.45) is 18.8. The van der Waals surface area contributed by atoms with Crippen LogP contribution in [0.2, 0.25) is 0 Å². The lowest BCUT2D eigenvalue weighted by molar-refractivity contribution is -0.131. The molecule has 0 amide bonds. The fraction of sp³-hybridized carbons (Fsp3) is 0.722. The molecule has 0 saturated heterocycles. The maximum Gasteiger partial charge on any atom is 0.328 e. The van der Waals surface area contributed by atoms with Crippen molar-refractivity contribution in [3.05, 3.63) is 24.3 Å². The Balaban J connectivity index is 3.34. The normalized spacial score (nSPS) is 13.2. The molecule has 3 nitrogen and oxygen atoms in total. The second-order valence-corrected chi connectivity index (χ2v) is 5.62. The summed E-state index contributed by atoms with van der Waals surface area (Å²) in [6, 6.07) is 0. The van der Waals surface area contributed by atoms with Gasteiger partial charge in [0, 0.05) is 6.08 Å². The van der Waals surface area contributed by atoms with Crippen molar-refractivity contribution in [3.63, 3.8) is 0 Å². The molecule has 0 aliphatic rings. The van der Waals surface area contributed by atoms with E-state index < -0.39 is 5.97 Å². The van der Waals surface area contributed by atoms with Gasteiger partial charge in [-0.1, -0.05) is 76.5 Å². The lowest BCUT2D eigenvalue weighted by atomic mass is 10.0. The van der Waals surface area contributed by atoms with Gasteiger partial charge < -0.3 is 10.2 Å². The van der Waals surface area contributed by atoms with Crippen molar-refractivity contribution in [3.8, 4) is 0 Å². The van der Waals surface area contributed by atoms with Crippen LogP contribution >= 0.6 is 0 Å². The van der Waals surface area contributed by atoms with Gasteiger partial charge in [-0.2, -0.15) is 0 Å². The van der Waals surface area contributed by atoms with Crippen LogP contribution in [0.1, 0.15) is 77.6 Å². The zero-order valence-corrected chi connectivity index (χ0v) is 13.5. The molecule has 2 N–H and O–H groups in total. The van der Waals surface area contributed by atoms with Crippen LogP contribution in [0.3, 0.4) is 0 Å². The van der Waals surface area contributed by atoms with E-state index in [1.807, 2.05) is 6.08 Å². The third-order valence-corrected chi connectivity index (χ3v) is 3.54. The number of carboxylic acids is 1. The molecule has 0 aliphatic heterocycles. The van der Waals surface area contributed by atoms with Crippen molar-refractivity contribution in [1.82, 2.24) is 0 Å². The van der Waals surface area contributed by atoms with Crippen molar-refractivity contribution >= 4 is 5.97 Å². The average molecular weight is 296 g/mol. The Morgan fingerprint density at radius 1 is 0.952 bits per heavy atom. The van der Waals surface area contributed by atoms with Gasteiger partial charge in [0.1, 0.15) is 0 Å². The van der Waals surface area contributed by atoms with Crippen molar-refractivity contribution in [1.29, 1.82) is 0 Å². The first-order valence-corrected chi connectivity index (χ1v) is 8.41. The van der Waals surface area contributed by atoms with Crippen molar-refractivity contribution in [2.45, 2.75) is 83.7 Å². The fourth-order valence-electron chi connectivity index (χ4n) is 2.26. The van der Waals surface area contributed by atoms with E-state index in [4.69, 9.17) is 5.11 Å². The highest BCUT2D eigenvalue weighted by molar-refractivity contribution is 5.80. The standard InChI is InChI=1S/C18H32O3/c1-2-3-4-5-6-7-8-11-14-17(19)15-12-9-10-13-16-18(20)21/h9-10,13,16-17,19H,2-8,11-12,14-15H2,1H3,(H,20,21). The molecule has 0 heterocycles. The van der Waals surface area contributed by atoms with Gasteiger partial charge in [-0.15, -0.1) is 0 Å². The third-order valence-electron chi connectivity index (χ3n) is 3.54. The summed E-state index contributed by atoms with van der Waals surface area (Å²) >= 11 is 0. The quantitative estimate of drug-likeness (QED) is 0.273. The van der Waals surface area contributed by atoms with E-state index in [-0.39, 0.29) is 6.10 Å². The molecular formula is C18H32O3. The Kier molecular flexibility index (Phi) is 14.5. The molecular weight excluding hydrogens is 264 g/mol.